The molecule has 0 aromatic carbocycles. The normalized spacial score (nSPS) is 20.2. The maximum absolute atomic E-state index is 10.8. The van der Waals surface area contributed by atoms with Crippen LogP contribution in [0.2, 0.25) is 0 Å². The average Bonchev–Trinajstić information content (AvgIpc) is 2.42. The number of aryl methyl sites for hydroxylation is 1. The Bertz CT molecular complexity index is 423. The highest BCUT2D eigenvalue weighted by Crippen LogP contribution is 2.42. The highest BCUT2D eigenvalue weighted by atomic mass is 16.5. The van der Waals surface area contributed by atoms with Crippen LogP contribution in [-0.2, 0) is 4.74 Å². The first-order chi connectivity index (χ1) is 9.09. The molecule has 0 aliphatic heterocycles. The number of aliphatic hydroxyl groups excluding tert-OH is 1. The lowest BCUT2D eigenvalue weighted by Gasteiger charge is -2.41. The number of nitrogen functional groups attached to an aromatic ring is 1. The van der Waals surface area contributed by atoms with E-state index in [0.29, 0.717) is 18.0 Å². The first-order valence-corrected chi connectivity index (χ1v) is 7.13. The second kappa shape index (κ2) is 5.88. The molecule has 0 bridgehead atoms. The quantitative estimate of drug-likeness (QED) is 0.877. The summed E-state index contributed by atoms with van der Waals surface area (Å²) in [4.78, 5) is 4.15. The van der Waals surface area contributed by atoms with Crippen molar-refractivity contribution < 1.29 is 9.84 Å². The highest BCUT2D eigenvalue weighted by molar-refractivity contribution is 5.43. The van der Waals surface area contributed by atoms with Crippen LogP contribution in [0.1, 0.15) is 56.3 Å². The van der Waals surface area contributed by atoms with E-state index in [0.717, 1.165) is 31.2 Å². The van der Waals surface area contributed by atoms with Gasteiger partial charge in [0.25, 0.3) is 0 Å². The second-order valence-corrected chi connectivity index (χ2v) is 5.45. The molecule has 1 atom stereocenters. The third kappa shape index (κ3) is 2.90. The van der Waals surface area contributed by atoms with Gasteiger partial charge in [-0.2, -0.15) is 0 Å². The van der Waals surface area contributed by atoms with Crippen molar-refractivity contribution in [3.8, 4) is 0 Å². The van der Waals surface area contributed by atoms with E-state index in [1.54, 1.807) is 6.20 Å². The molecule has 1 aromatic rings. The molecule has 4 nitrogen and oxygen atoms in total. The average molecular weight is 264 g/mol. The molecule has 19 heavy (non-hydrogen) atoms. The molecule has 1 heterocycles. The van der Waals surface area contributed by atoms with Gasteiger partial charge in [-0.3, -0.25) is 0 Å². The number of rotatable bonds is 4. The number of anilines is 1. The molecule has 1 fully saturated rings. The van der Waals surface area contributed by atoms with Crippen LogP contribution in [0.4, 0.5) is 5.82 Å². The van der Waals surface area contributed by atoms with E-state index >= 15 is 0 Å². The van der Waals surface area contributed by atoms with Crippen molar-refractivity contribution in [2.24, 2.45) is 0 Å². The van der Waals surface area contributed by atoms with Gasteiger partial charge >= 0.3 is 0 Å². The van der Waals surface area contributed by atoms with Crippen molar-refractivity contribution >= 4 is 5.82 Å². The summed E-state index contributed by atoms with van der Waals surface area (Å²) in [6.07, 6.45) is 6.19. The zero-order valence-electron chi connectivity index (χ0n) is 11.9. The predicted octanol–water partition coefficient (Wildman–Crippen LogP) is 2.75. The number of aromatic nitrogens is 1. The molecule has 2 rings (SSSR count). The molecule has 1 saturated carbocycles. The molecule has 1 unspecified atom stereocenters. The van der Waals surface area contributed by atoms with Crippen LogP contribution in [0.15, 0.2) is 12.3 Å². The van der Waals surface area contributed by atoms with Crippen LogP contribution in [0.5, 0.6) is 0 Å². The molecule has 3 N–H and O–H groups in total. The Morgan fingerprint density at radius 3 is 2.74 bits per heavy atom. The van der Waals surface area contributed by atoms with Gasteiger partial charge in [-0.25, -0.2) is 4.98 Å². The molecular formula is C15H24N2O2. The summed E-state index contributed by atoms with van der Waals surface area (Å²) in [5.74, 6) is 0.405. The van der Waals surface area contributed by atoms with Gasteiger partial charge in [-0.05, 0) is 38.3 Å². The minimum absolute atomic E-state index is 0.405. The molecular weight excluding hydrogens is 240 g/mol. The Morgan fingerprint density at radius 2 is 2.11 bits per heavy atom. The number of nitrogens with two attached hydrogens (primary N) is 1. The predicted molar refractivity (Wildman–Crippen MR) is 75.8 cm³/mol. The minimum Gasteiger partial charge on any atom is -0.385 e. The van der Waals surface area contributed by atoms with E-state index in [1.165, 1.54) is 6.42 Å². The number of pyridine rings is 1. The monoisotopic (exact) mass is 264 g/mol. The molecule has 4 heteroatoms. The van der Waals surface area contributed by atoms with Crippen LogP contribution in [0.25, 0.3) is 0 Å². The zero-order valence-corrected chi connectivity index (χ0v) is 11.9. The molecule has 1 aliphatic carbocycles. The fourth-order valence-corrected chi connectivity index (χ4v) is 3.04. The maximum Gasteiger partial charge on any atom is 0.129 e. The van der Waals surface area contributed by atoms with E-state index in [4.69, 9.17) is 10.5 Å². The summed E-state index contributed by atoms with van der Waals surface area (Å²) < 4.78 is 5.95. The van der Waals surface area contributed by atoms with Gasteiger partial charge in [0.05, 0.1) is 5.60 Å². The van der Waals surface area contributed by atoms with Crippen LogP contribution >= 0.6 is 0 Å². The van der Waals surface area contributed by atoms with Crippen molar-refractivity contribution in [3.05, 3.63) is 23.4 Å². The number of aliphatic hydroxyl groups is 1. The Labute approximate surface area is 115 Å². The molecule has 0 saturated heterocycles. The smallest absolute Gasteiger partial charge is 0.129 e. The number of hydrogen-bond donors (Lipinski definition) is 2. The Morgan fingerprint density at radius 1 is 1.42 bits per heavy atom. The van der Waals surface area contributed by atoms with Crippen LogP contribution in [0.3, 0.4) is 0 Å². The van der Waals surface area contributed by atoms with Gasteiger partial charge in [0.15, 0.2) is 0 Å². The number of nitrogens with zero attached hydrogens (tertiary/aromatic N) is 1. The first kappa shape index (κ1) is 14.3. The Hall–Kier alpha value is -1.13. The molecule has 106 valence electrons. The largest absolute Gasteiger partial charge is 0.385 e. The molecule has 1 aromatic heterocycles. The lowest BCUT2D eigenvalue weighted by molar-refractivity contribution is -0.141. The summed E-state index contributed by atoms with van der Waals surface area (Å²) >= 11 is 0. The maximum atomic E-state index is 10.8. The van der Waals surface area contributed by atoms with Crippen LogP contribution < -0.4 is 5.73 Å². The summed E-state index contributed by atoms with van der Waals surface area (Å²) in [6, 6.07) is 1.92. The summed E-state index contributed by atoms with van der Waals surface area (Å²) in [5.41, 5.74) is 7.15. The Kier molecular flexibility index (Phi) is 4.42. The van der Waals surface area contributed by atoms with Crippen molar-refractivity contribution in [1.82, 2.24) is 4.98 Å². The second-order valence-electron chi connectivity index (χ2n) is 5.45. The van der Waals surface area contributed by atoms with Gasteiger partial charge in [0.1, 0.15) is 11.9 Å². The fraction of sp³-hybridized carbons (Fsp3) is 0.667. The number of hydrogen-bond acceptors (Lipinski definition) is 4. The SMILES string of the molecule is CCOC1(C(O)c2cc(C)cnc2N)CCCCC1. The van der Waals surface area contributed by atoms with E-state index in [9.17, 15) is 5.11 Å². The standard InChI is InChI=1S/C15H24N2O2/c1-3-19-15(7-5-4-6-8-15)13(18)12-9-11(2)10-17-14(12)16/h9-10,13,18H,3-8H2,1-2H3,(H2,16,17). The van der Waals surface area contributed by atoms with Crippen molar-refractivity contribution in [1.29, 1.82) is 0 Å². The third-order valence-electron chi connectivity index (χ3n) is 4.01. The van der Waals surface area contributed by atoms with Crippen molar-refractivity contribution in [3.63, 3.8) is 0 Å². The van der Waals surface area contributed by atoms with E-state index in [1.807, 2.05) is 19.9 Å². The van der Waals surface area contributed by atoms with Crippen molar-refractivity contribution in [2.45, 2.75) is 57.7 Å². The van der Waals surface area contributed by atoms with Gasteiger partial charge in [0.2, 0.25) is 0 Å². The van der Waals surface area contributed by atoms with Crippen LogP contribution in [0, 0.1) is 6.92 Å². The van der Waals surface area contributed by atoms with Crippen molar-refractivity contribution in [2.75, 3.05) is 12.3 Å². The molecule has 0 spiro atoms. The lowest BCUT2D eigenvalue weighted by atomic mass is 9.78. The first-order valence-electron chi connectivity index (χ1n) is 7.13. The fourth-order valence-electron chi connectivity index (χ4n) is 3.04. The summed E-state index contributed by atoms with van der Waals surface area (Å²) in [6.45, 7) is 4.54. The molecule has 1 aliphatic rings. The zero-order chi connectivity index (χ0) is 13.9. The van der Waals surface area contributed by atoms with Gasteiger partial charge < -0.3 is 15.6 Å². The third-order valence-corrected chi connectivity index (χ3v) is 4.01. The highest BCUT2D eigenvalue weighted by Gasteiger charge is 2.41. The van der Waals surface area contributed by atoms with Gasteiger partial charge in [0, 0.05) is 18.4 Å². The van der Waals surface area contributed by atoms with Gasteiger partial charge in [-0.15, -0.1) is 0 Å². The molecule has 0 radical (unpaired) electrons. The topological polar surface area (TPSA) is 68.4 Å². The number of ether oxygens (including phenoxy) is 1. The van der Waals surface area contributed by atoms with Gasteiger partial charge in [-0.1, -0.05) is 19.3 Å². The summed E-state index contributed by atoms with van der Waals surface area (Å²) in [5, 5.41) is 10.8. The summed E-state index contributed by atoms with van der Waals surface area (Å²) in [7, 11) is 0. The lowest BCUT2D eigenvalue weighted by Crippen LogP contribution is -2.41. The minimum atomic E-state index is -0.694. The van der Waals surface area contributed by atoms with E-state index in [2.05, 4.69) is 4.98 Å². The van der Waals surface area contributed by atoms with E-state index < -0.39 is 11.7 Å². The van der Waals surface area contributed by atoms with Crippen LogP contribution in [-0.4, -0.2) is 22.3 Å². The van der Waals surface area contributed by atoms with E-state index in [-0.39, 0.29) is 0 Å². The molecule has 0 amide bonds. The Balaban J connectivity index is 2.32.